The van der Waals surface area contributed by atoms with E-state index in [9.17, 15) is 0 Å². The average molecular weight is 305 g/mol. The largest absolute Gasteiger partial charge is 0.496 e. The highest BCUT2D eigenvalue weighted by Crippen LogP contribution is 2.33. The van der Waals surface area contributed by atoms with E-state index < -0.39 is 0 Å². The van der Waals surface area contributed by atoms with Gasteiger partial charge in [-0.1, -0.05) is 12.1 Å². The van der Waals surface area contributed by atoms with E-state index in [0.717, 1.165) is 48.3 Å². The van der Waals surface area contributed by atoms with Crippen molar-refractivity contribution in [3.05, 3.63) is 30.5 Å². The highest BCUT2D eigenvalue weighted by atomic mass is 35.5. The van der Waals surface area contributed by atoms with Crippen molar-refractivity contribution in [2.45, 2.75) is 25.1 Å². The fraction of sp³-hybridized carbons (Fsp3) is 0.471. The number of piperidine rings is 1. The molecule has 4 heteroatoms. The third kappa shape index (κ3) is 2.80. The van der Waals surface area contributed by atoms with Crippen molar-refractivity contribution >= 4 is 28.2 Å². The SMILES string of the molecule is COc1cccc2c(N3CCC(C(C)Cl)CC3)nccc12. The van der Waals surface area contributed by atoms with Crippen LogP contribution >= 0.6 is 11.6 Å². The van der Waals surface area contributed by atoms with Gasteiger partial charge in [0.05, 0.1) is 7.11 Å². The molecule has 1 aromatic carbocycles. The quantitative estimate of drug-likeness (QED) is 0.799. The van der Waals surface area contributed by atoms with Crippen molar-refractivity contribution in [3.63, 3.8) is 0 Å². The van der Waals surface area contributed by atoms with Gasteiger partial charge in [0.25, 0.3) is 0 Å². The van der Waals surface area contributed by atoms with Gasteiger partial charge in [-0.2, -0.15) is 0 Å². The molecule has 1 atom stereocenters. The summed E-state index contributed by atoms with van der Waals surface area (Å²) in [6.45, 7) is 4.14. The lowest BCUT2D eigenvalue weighted by Crippen LogP contribution is -2.36. The zero-order valence-electron chi connectivity index (χ0n) is 12.6. The number of methoxy groups -OCH3 is 1. The van der Waals surface area contributed by atoms with E-state index in [-0.39, 0.29) is 5.38 Å². The van der Waals surface area contributed by atoms with Gasteiger partial charge in [-0.05, 0) is 37.8 Å². The molecule has 0 amide bonds. The first kappa shape index (κ1) is 14.5. The molecule has 1 fully saturated rings. The lowest BCUT2D eigenvalue weighted by atomic mass is 9.94. The van der Waals surface area contributed by atoms with Crippen LogP contribution in [-0.2, 0) is 0 Å². The molecular formula is C17H21ClN2O. The lowest BCUT2D eigenvalue weighted by Gasteiger charge is -2.34. The molecule has 3 nitrogen and oxygen atoms in total. The number of ether oxygens (including phenoxy) is 1. The Morgan fingerprint density at radius 1 is 1.24 bits per heavy atom. The molecule has 2 heterocycles. The number of hydrogen-bond donors (Lipinski definition) is 0. The first-order valence-corrected chi connectivity index (χ1v) is 7.95. The van der Waals surface area contributed by atoms with Gasteiger partial charge in [0, 0.05) is 35.4 Å². The van der Waals surface area contributed by atoms with Gasteiger partial charge >= 0.3 is 0 Å². The van der Waals surface area contributed by atoms with Crippen LogP contribution in [0.15, 0.2) is 30.5 Å². The van der Waals surface area contributed by atoms with Gasteiger partial charge in [-0.25, -0.2) is 4.98 Å². The van der Waals surface area contributed by atoms with Crippen LogP contribution in [0.25, 0.3) is 10.8 Å². The fourth-order valence-electron chi connectivity index (χ4n) is 3.16. The predicted octanol–water partition coefficient (Wildman–Crippen LogP) is 4.09. The number of nitrogens with zero attached hydrogens (tertiary/aromatic N) is 2. The summed E-state index contributed by atoms with van der Waals surface area (Å²) in [5.41, 5.74) is 0. The second-order valence-corrected chi connectivity index (χ2v) is 6.38. The average Bonchev–Trinajstić information content (AvgIpc) is 2.53. The van der Waals surface area contributed by atoms with Crippen molar-refractivity contribution in [1.82, 2.24) is 4.98 Å². The van der Waals surface area contributed by atoms with E-state index in [0.29, 0.717) is 5.92 Å². The van der Waals surface area contributed by atoms with Gasteiger partial charge in [0.2, 0.25) is 0 Å². The maximum absolute atomic E-state index is 6.23. The van der Waals surface area contributed by atoms with Crippen molar-refractivity contribution in [2.24, 2.45) is 5.92 Å². The number of aromatic nitrogens is 1. The molecule has 0 radical (unpaired) electrons. The Balaban J connectivity index is 1.91. The lowest BCUT2D eigenvalue weighted by molar-refractivity contribution is 0.399. The van der Waals surface area contributed by atoms with Crippen LogP contribution in [-0.4, -0.2) is 30.6 Å². The smallest absolute Gasteiger partial charge is 0.136 e. The van der Waals surface area contributed by atoms with Crippen LogP contribution in [0, 0.1) is 5.92 Å². The Hall–Kier alpha value is -1.48. The summed E-state index contributed by atoms with van der Waals surface area (Å²) in [4.78, 5) is 6.99. The van der Waals surface area contributed by atoms with Crippen molar-refractivity contribution in [1.29, 1.82) is 0 Å². The molecule has 1 aliphatic rings. The molecule has 1 unspecified atom stereocenters. The minimum Gasteiger partial charge on any atom is -0.496 e. The molecule has 0 saturated carbocycles. The molecule has 1 aliphatic heterocycles. The normalized spacial score (nSPS) is 18.0. The summed E-state index contributed by atoms with van der Waals surface area (Å²) < 4.78 is 5.45. The first-order valence-electron chi connectivity index (χ1n) is 7.51. The maximum atomic E-state index is 6.23. The van der Waals surface area contributed by atoms with Crippen molar-refractivity contribution in [2.75, 3.05) is 25.1 Å². The molecule has 112 valence electrons. The van der Waals surface area contributed by atoms with E-state index in [4.69, 9.17) is 16.3 Å². The van der Waals surface area contributed by atoms with Crippen LogP contribution in [0.2, 0.25) is 0 Å². The van der Waals surface area contributed by atoms with Gasteiger partial charge in [0.15, 0.2) is 0 Å². The van der Waals surface area contributed by atoms with Crippen LogP contribution in [0.3, 0.4) is 0 Å². The number of halogens is 1. The molecule has 2 aromatic rings. The first-order chi connectivity index (χ1) is 10.2. The topological polar surface area (TPSA) is 25.4 Å². The number of pyridine rings is 1. The Bertz CT molecular complexity index is 621. The number of alkyl halides is 1. The third-order valence-electron chi connectivity index (χ3n) is 4.45. The van der Waals surface area contributed by atoms with Gasteiger partial charge in [-0.15, -0.1) is 11.6 Å². The maximum Gasteiger partial charge on any atom is 0.136 e. The number of fused-ring (bicyclic) bond motifs is 1. The van der Waals surface area contributed by atoms with E-state index in [1.165, 1.54) is 0 Å². The molecule has 0 bridgehead atoms. The van der Waals surface area contributed by atoms with Crippen molar-refractivity contribution in [3.8, 4) is 5.75 Å². The van der Waals surface area contributed by atoms with Crippen LogP contribution < -0.4 is 9.64 Å². The Labute approximate surface area is 130 Å². The summed E-state index contributed by atoms with van der Waals surface area (Å²) in [7, 11) is 1.71. The van der Waals surface area contributed by atoms with E-state index >= 15 is 0 Å². The van der Waals surface area contributed by atoms with Crippen LogP contribution in [0.1, 0.15) is 19.8 Å². The second kappa shape index (κ2) is 6.10. The van der Waals surface area contributed by atoms with Gasteiger partial charge in [0.1, 0.15) is 11.6 Å². The highest BCUT2D eigenvalue weighted by Gasteiger charge is 2.24. The summed E-state index contributed by atoms with van der Waals surface area (Å²) >= 11 is 6.23. The Morgan fingerprint density at radius 3 is 2.67 bits per heavy atom. The van der Waals surface area contributed by atoms with Crippen LogP contribution in [0.5, 0.6) is 5.75 Å². The summed E-state index contributed by atoms with van der Waals surface area (Å²) in [5.74, 6) is 2.58. The van der Waals surface area contributed by atoms with E-state index in [1.54, 1.807) is 7.11 Å². The summed E-state index contributed by atoms with van der Waals surface area (Å²) in [6.07, 6.45) is 4.13. The fourth-order valence-corrected chi connectivity index (χ4v) is 3.42. The Kier molecular flexibility index (Phi) is 4.20. The van der Waals surface area contributed by atoms with E-state index in [2.05, 4.69) is 22.9 Å². The number of rotatable bonds is 3. The molecule has 1 aromatic heterocycles. The third-order valence-corrected chi connectivity index (χ3v) is 4.81. The van der Waals surface area contributed by atoms with Crippen molar-refractivity contribution < 1.29 is 4.74 Å². The highest BCUT2D eigenvalue weighted by molar-refractivity contribution is 6.20. The minimum atomic E-state index is 0.257. The molecule has 1 saturated heterocycles. The zero-order chi connectivity index (χ0) is 14.8. The van der Waals surface area contributed by atoms with Gasteiger partial charge in [-0.3, -0.25) is 0 Å². The number of hydrogen-bond acceptors (Lipinski definition) is 3. The monoisotopic (exact) mass is 304 g/mol. The minimum absolute atomic E-state index is 0.257. The standard InChI is InChI=1S/C17H21ClN2O/c1-12(18)13-7-10-20(11-8-13)17-15-4-3-5-16(21-2)14(15)6-9-19-17/h3-6,9,12-13H,7-8,10-11H2,1-2H3. The molecule has 3 rings (SSSR count). The van der Waals surface area contributed by atoms with Gasteiger partial charge < -0.3 is 9.64 Å². The Morgan fingerprint density at radius 2 is 2.00 bits per heavy atom. The summed E-state index contributed by atoms with van der Waals surface area (Å²) in [5, 5.41) is 2.54. The summed E-state index contributed by atoms with van der Waals surface area (Å²) in [6, 6.07) is 8.16. The second-order valence-electron chi connectivity index (χ2n) is 5.69. The van der Waals surface area contributed by atoms with Crippen LogP contribution in [0.4, 0.5) is 5.82 Å². The van der Waals surface area contributed by atoms with E-state index in [1.807, 2.05) is 24.4 Å². The molecule has 0 N–H and O–H groups in total. The molecular weight excluding hydrogens is 284 g/mol. The molecule has 0 spiro atoms. The molecule has 21 heavy (non-hydrogen) atoms. The molecule has 0 aliphatic carbocycles. The zero-order valence-corrected chi connectivity index (χ0v) is 13.3. The number of anilines is 1. The predicted molar refractivity (Wildman–Crippen MR) is 88.5 cm³/mol. The number of benzene rings is 1.